The first kappa shape index (κ1) is 9.02. The van der Waals surface area contributed by atoms with E-state index in [-0.39, 0.29) is 11.9 Å². The maximum atomic E-state index is 9.26. The summed E-state index contributed by atoms with van der Waals surface area (Å²) in [6.45, 7) is 1.06. The number of rotatable bonds is 2. The Labute approximate surface area is 82.0 Å². The second-order valence-corrected chi connectivity index (χ2v) is 3.17. The molecule has 0 bridgehead atoms. The molecule has 0 aromatic heterocycles. The molecule has 0 amide bonds. The van der Waals surface area contributed by atoms with Crippen molar-refractivity contribution in [1.82, 2.24) is 0 Å². The summed E-state index contributed by atoms with van der Waals surface area (Å²) in [4.78, 5) is 4.20. The lowest BCUT2D eigenvalue weighted by atomic mass is 10.2. The van der Waals surface area contributed by atoms with Gasteiger partial charge in [-0.25, -0.2) is 4.99 Å². The van der Waals surface area contributed by atoms with Crippen LogP contribution in [-0.2, 0) is 4.74 Å². The molecule has 74 valence electrons. The van der Waals surface area contributed by atoms with Crippen LogP contribution in [0, 0.1) is 0 Å². The van der Waals surface area contributed by atoms with Crippen LogP contribution >= 0.6 is 0 Å². The monoisotopic (exact) mass is 192 g/mol. The van der Waals surface area contributed by atoms with Gasteiger partial charge in [0.1, 0.15) is 11.9 Å². The van der Waals surface area contributed by atoms with E-state index in [1.807, 2.05) is 6.07 Å². The average molecular weight is 192 g/mol. The van der Waals surface area contributed by atoms with E-state index in [0.717, 1.165) is 5.56 Å². The minimum absolute atomic E-state index is 0.0210. The average Bonchev–Trinajstić information content (AvgIpc) is 2.66. The Balaban J connectivity index is 2.17. The highest BCUT2D eigenvalue weighted by molar-refractivity contribution is 5.95. The molecule has 4 nitrogen and oxygen atoms in total. The number of hydrogen-bond acceptors (Lipinski definition) is 4. The maximum Gasteiger partial charge on any atom is 0.216 e. The van der Waals surface area contributed by atoms with Gasteiger partial charge in [-0.15, -0.1) is 0 Å². The van der Waals surface area contributed by atoms with Gasteiger partial charge in [-0.1, -0.05) is 6.07 Å². The van der Waals surface area contributed by atoms with Gasteiger partial charge in [-0.05, 0) is 18.2 Å². The van der Waals surface area contributed by atoms with Crippen LogP contribution < -0.4 is 5.73 Å². The van der Waals surface area contributed by atoms with Crippen molar-refractivity contribution in [3.63, 3.8) is 0 Å². The van der Waals surface area contributed by atoms with Crippen molar-refractivity contribution in [3.05, 3.63) is 29.8 Å². The molecular weight excluding hydrogens is 180 g/mol. The SMILES string of the molecule is NCC1CN=C(c2cccc(O)c2)O1. The largest absolute Gasteiger partial charge is 0.508 e. The number of nitrogens with zero attached hydrogens (tertiary/aromatic N) is 1. The van der Waals surface area contributed by atoms with Crippen LogP contribution in [0.4, 0.5) is 0 Å². The molecule has 14 heavy (non-hydrogen) atoms. The fourth-order valence-electron chi connectivity index (χ4n) is 1.34. The molecule has 1 aromatic carbocycles. The standard InChI is InChI=1S/C10H12N2O2/c11-5-9-6-12-10(14-9)7-2-1-3-8(13)4-7/h1-4,9,13H,5-6,11H2. The predicted molar refractivity (Wildman–Crippen MR) is 53.4 cm³/mol. The molecule has 3 N–H and O–H groups in total. The van der Waals surface area contributed by atoms with Gasteiger partial charge in [-0.2, -0.15) is 0 Å². The van der Waals surface area contributed by atoms with E-state index < -0.39 is 0 Å². The van der Waals surface area contributed by atoms with Crippen molar-refractivity contribution in [2.75, 3.05) is 13.1 Å². The van der Waals surface area contributed by atoms with Gasteiger partial charge in [0.05, 0.1) is 6.54 Å². The first-order chi connectivity index (χ1) is 6.79. The molecule has 0 fully saturated rings. The quantitative estimate of drug-likeness (QED) is 0.716. The van der Waals surface area contributed by atoms with E-state index in [9.17, 15) is 5.11 Å². The molecule has 4 heteroatoms. The minimum atomic E-state index is -0.0210. The van der Waals surface area contributed by atoms with E-state index in [1.54, 1.807) is 18.2 Å². The lowest BCUT2D eigenvalue weighted by Gasteiger charge is -2.08. The maximum absolute atomic E-state index is 9.26. The van der Waals surface area contributed by atoms with E-state index in [0.29, 0.717) is 19.0 Å². The summed E-state index contributed by atoms with van der Waals surface area (Å²) in [5.41, 5.74) is 6.25. The highest BCUT2D eigenvalue weighted by Gasteiger charge is 2.19. The number of aromatic hydroxyl groups is 1. The summed E-state index contributed by atoms with van der Waals surface area (Å²) in [7, 11) is 0. The minimum Gasteiger partial charge on any atom is -0.508 e. The fourth-order valence-corrected chi connectivity index (χ4v) is 1.34. The molecule has 1 heterocycles. The van der Waals surface area contributed by atoms with Crippen molar-refractivity contribution in [1.29, 1.82) is 0 Å². The van der Waals surface area contributed by atoms with Gasteiger partial charge in [0.15, 0.2) is 0 Å². The molecule has 0 aliphatic carbocycles. The molecule has 0 radical (unpaired) electrons. The third-order valence-corrected chi connectivity index (χ3v) is 2.07. The number of aliphatic imine (C=N–C) groups is 1. The Bertz CT molecular complexity index is 363. The molecular formula is C10H12N2O2. The van der Waals surface area contributed by atoms with Crippen molar-refractivity contribution >= 4 is 5.90 Å². The van der Waals surface area contributed by atoms with Crippen LogP contribution in [0.25, 0.3) is 0 Å². The smallest absolute Gasteiger partial charge is 0.216 e. The van der Waals surface area contributed by atoms with Gasteiger partial charge in [0.25, 0.3) is 0 Å². The number of phenols is 1. The van der Waals surface area contributed by atoms with Crippen LogP contribution in [0.1, 0.15) is 5.56 Å². The van der Waals surface area contributed by atoms with Crippen LogP contribution in [0.3, 0.4) is 0 Å². The van der Waals surface area contributed by atoms with E-state index >= 15 is 0 Å². The van der Waals surface area contributed by atoms with Gasteiger partial charge in [0.2, 0.25) is 5.90 Å². The number of nitrogens with two attached hydrogens (primary N) is 1. The normalized spacial score (nSPS) is 20.4. The van der Waals surface area contributed by atoms with Crippen molar-refractivity contribution in [3.8, 4) is 5.75 Å². The summed E-state index contributed by atoms with van der Waals surface area (Å²) in [5.74, 6) is 0.779. The van der Waals surface area contributed by atoms with Gasteiger partial charge < -0.3 is 15.6 Å². The highest BCUT2D eigenvalue weighted by Crippen LogP contribution is 2.16. The van der Waals surface area contributed by atoms with E-state index in [1.165, 1.54) is 0 Å². The third kappa shape index (κ3) is 1.70. The van der Waals surface area contributed by atoms with Crippen molar-refractivity contribution in [2.24, 2.45) is 10.7 Å². The van der Waals surface area contributed by atoms with E-state index in [4.69, 9.17) is 10.5 Å². The topological polar surface area (TPSA) is 67.8 Å². The zero-order valence-corrected chi connectivity index (χ0v) is 7.68. The second kappa shape index (κ2) is 3.67. The van der Waals surface area contributed by atoms with Crippen LogP contribution in [0.15, 0.2) is 29.3 Å². The predicted octanol–water partition coefficient (Wildman–Crippen LogP) is 0.496. The summed E-state index contributed by atoms with van der Waals surface area (Å²) in [6.07, 6.45) is -0.0210. The fraction of sp³-hybridized carbons (Fsp3) is 0.300. The van der Waals surface area contributed by atoms with Gasteiger partial charge in [0, 0.05) is 12.1 Å². The Morgan fingerprint density at radius 2 is 2.43 bits per heavy atom. The zero-order chi connectivity index (χ0) is 9.97. The Morgan fingerprint density at radius 1 is 1.57 bits per heavy atom. The van der Waals surface area contributed by atoms with Crippen LogP contribution in [0.2, 0.25) is 0 Å². The van der Waals surface area contributed by atoms with Gasteiger partial charge >= 0.3 is 0 Å². The lowest BCUT2D eigenvalue weighted by molar-refractivity contribution is 0.233. The lowest BCUT2D eigenvalue weighted by Crippen LogP contribution is -2.23. The summed E-state index contributed by atoms with van der Waals surface area (Å²) in [5, 5.41) is 9.26. The summed E-state index contributed by atoms with van der Waals surface area (Å²) >= 11 is 0. The van der Waals surface area contributed by atoms with Crippen molar-refractivity contribution < 1.29 is 9.84 Å². The Kier molecular flexibility index (Phi) is 2.37. The van der Waals surface area contributed by atoms with Crippen LogP contribution in [-0.4, -0.2) is 30.2 Å². The molecule has 0 saturated carbocycles. The molecule has 1 unspecified atom stereocenters. The number of ether oxygens (including phenoxy) is 1. The molecule has 1 atom stereocenters. The summed E-state index contributed by atoms with van der Waals surface area (Å²) in [6, 6.07) is 6.83. The third-order valence-electron chi connectivity index (χ3n) is 2.07. The Hall–Kier alpha value is -1.55. The zero-order valence-electron chi connectivity index (χ0n) is 7.68. The first-order valence-corrected chi connectivity index (χ1v) is 4.50. The second-order valence-electron chi connectivity index (χ2n) is 3.17. The molecule has 1 aliphatic heterocycles. The molecule has 1 aromatic rings. The Morgan fingerprint density at radius 3 is 3.07 bits per heavy atom. The molecule has 1 aliphatic rings. The molecule has 0 saturated heterocycles. The number of benzene rings is 1. The van der Waals surface area contributed by atoms with E-state index in [2.05, 4.69) is 4.99 Å². The summed E-state index contributed by atoms with van der Waals surface area (Å²) < 4.78 is 5.47. The van der Waals surface area contributed by atoms with Gasteiger partial charge in [-0.3, -0.25) is 0 Å². The van der Waals surface area contributed by atoms with Crippen LogP contribution in [0.5, 0.6) is 5.75 Å². The highest BCUT2D eigenvalue weighted by atomic mass is 16.5. The first-order valence-electron chi connectivity index (χ1n) is 4.50. The number of hydrogen-bond donors (Lipinski definition) is 2. The molecule has 0 spiro atoms. The number of phenolic OH excluding ortho intramolecular Hbond substituents is 1. The molecule has 2 rings (SSSR count). The van der Waals surface area contributed by atoms with Crippen molar-refractivity contribution in [2.45, 2.75) is 6.10 Å².